The topological polar surface area (TPSA) is 29.3 Å². The summed E-state index contributed by atoms with van der Waals surface area (Å²) in [6.45, 7) is 5.10. The Morgan fingerprint density at radius 1 is 1.00 bits per heavy atom. The van der Waals surface area contributed by atoms with E-state index >= 15 is 0 Å². The van der Waals surface area contributed by atoms with Crippen LogP contribution in [0.25, 0.3) is 0 Å². The van der Waals surface area contributed by atoms with E-state index in [-0.39, 0.29) is 11.9 Å². The maximum Gasteiger partial charge on any atom is 0.127 e. The highest BCUT2D eigenvalue weighted by Gasteiger charge is 2.14. The Kier molecular flexibility index (Phi) is 4.91. The third-order valence-electron chi connectivity index (χ3n) is 3.48. The normalized spacial score (nSPS) is 11.3. The van der Waals surface area contributed by atoms with Crippen LogP contribution in [0.2, 0.25) is 0 Å². The van der Waals surface area contributed by atoms with E-state index in [2.05, 4.69) is 4.90 Å². The lowest BCUT2D eigenvalue weighted by Gasteiger charge is -2.27. The van der Waals surface area contributed by atoms with E-state index in [1.54, 1.807) is 0 Å². The summed E-state index contributed by atoms with van der Waals surface area (Å²) in [5.41, 5.74) is 7.85. The highest BCUT2D eigenvalue weighted by molar-refractivity contribution is 5.39. The molecular formula is C17H20F2N2. The van der Waals surface area contributed by atoms with Gasteiger partial charge in [0.25, 0.3) is 0 Å². The van der Waals surface area contributed by atoms with Crippen molar-refractivity contribution in [3.63, 3.8) is 0 Å². The first-order valence-electron chi connectivity index (χ1n) is 6.98. The number of hydrogen-bond donors (Lipinski definition) is 1. The summed E-state index contributed by atoms with van der Waals surface area (Å²) in [7, 11) is 0. The molecule has 0 aromatic heterocycles. The molecule has 0 spiro atoms. The molecular weight excluding hydrogens is 270 g/mol. The van der Waals surface area contributed by atoms with Gasteiger partial charge in [0.1, 0.15) is 11.6 Å². The molecule has 0 bridgehead atoms. The molecule has 2 aromatic carbocycles. The van der Waals surface area contributed by atoms with Crippen molar-refractivity contribution in [1.82, 2.24) is 4.90 Å². The third kappa shape index (κ3) is 4.26. The zero-order valence-corrected chi connectivity index (χ0v) is 12.3. The van der Waals surface area contributed by atoms with Gasteiger partial charge in [-0.2, -0.15) is 0 Å². The number of anilines is 1. The van der Waals surface area contributed by atoms with Gasteiger partial charge in [-0.05, 0) is 49.7 Å². The highest BCUT2D eigenvalue weighted by Crippen LogP contribution is 2.17. The number of benzene rings is 2. The molecule has 4 heteroatoms. The smallest absolute Gasteiger partial charge is 0.127 e. The van der Waals surface area contributed by atoms with Gasteiger partial charge in [-0.1, -0.05) is 12.1 Å². The van der Waals surface area contributed by atoms with Gasteiger partial charge in [-0.15, -0.1) is 0 Å². The van der Waals surface area contributed by atoms with Crippen LogP contribution >= 0.6 is 0 Å². The molecule has 0 aliphatic rings. The fourth-order valence-electron chi connectivity index (χ4n) is 2.16. The predicted octanol–water partition coefficient (Wildman–Crippen LogP) is 3.96. The van der Waals surface area contributed by atoms with Crippen molar-refractivity contribution in [3.8, 4) is 0 Å². The van der Waals surface area contributed by atoms with E-state index < -0.39 is 5.82 Å². The van der Waals surface area contributed by atoms with Gasteiger partial charge in [0.05, 0.1) is 0 Å². The summed E-state index contributed by atoms with van der Waals surface area (Å²) in [5.74, 6) is -0.790. The van der Waals surface area contributed by atoms with Gasteiger partial charge in [0.15, 0.2) is 0 Å². The summed E-state index contributed by atoms with van der Waals surface area (Å²) in [6.07, 6.45) is 0. The Balaban J connectivity index is 2.15. The second kappa shape index (κ2) is 6.68. The van der Waals surface area contributed by atoms with Crippen molar-refractivity contribution < 1.29 is 8.78 Å². The Morgan fingerprint density at radius 3 is 2.29 bits per heavy atom. The van der Waals surface area contributed by atoms with Crippen LogP contribution in [0.5, 0.6) is 0 Å². The maximum atomic E-state index is 13.8. The molecule has 2 nitrogen and oxygen atoms in total. The first-order chi connectivity index (χ1) is 9.95. The first-order valence-corrected chi connectivity index (χ1v) is 6.98. The molecule has 2 rings (SSSR count). The summed E-state index contributed by atoms with van der Waals surface area (Å²) in [5, 5.41) is 0. The molecule has 0 saturated carbocycles. The fourth-order valence-corrected chi connectivity index (χ4v) is 2.16. The van der Waals surface area contributed by atoms with Gasteiger partial charge in [-0.25, -0.2) is 8.78 Å². The Bertz CT molecular complexity index is 594. The fraction of sp³-hybridized carbons (Fsp3) is 0.294. The van der Waals surface area contributed by atoms with Crippen molar-refractivity contribution in [2.75, 3.05) is 5.73 Å². The minimum Gasteiger partial charge on any atom is -0.399 e. The molecule has 0 radical (unpaired) electrons. The van der Waals surface area contributed by atoms with E-state index in [0.29, 0.717) is 24.3 Å². The van der Waals surface area contributed by atoms with E-state index in [0.717, 1.165) is 11.6 Å². The number of hydrogen-bond acceptors (Lipinski definition) is 2. The number of halogens is 2. The van der Waals surface area contributed by atoms with Crippen molar-refractivity contribution in [1.29, 1.82) is 0 Å². The minimum absolute atomic E-state index is 0.213. The van der Waals surface area contributed by atoms with Gasteiger partial charge in [0, 0.05) is 30.4 Å². The van der Waals surface area contributed by atoms with Gasteiger partial charge in [0.2, 0.25) is 0 Å². The second-order valence-electron chi connectivity index (χ2n) is 5.48. The Morgan fingerprint density at radius 2 is 1.67 bits per heavy atom. The molecule has 0 aliphatic carbocycles. The zero-order chi connectivity index (χ0) is 15.4. The summed E-state index contributed by atoms with van der Waals surface area (Å²) < 4.78 is 27.0. The van der Waals surface area contributed by atoms with Crippen LogP contribution in [-0.4, -0.2) is 10.9 Å². The molecule has 0 aliphatic heterocycles. The van der Waals surface area contributed by atoms with Crippen molar-refractivity contribution in [3.05, 3.63) is 65.2 Å². The average molecular weight is 290 g/mol. The summed E-state index contributed by atoms with van der Waals surface area (Å²) in [6, 6.07) is 11.4. The van der Waals surface area contributed by atoms with Crippen LogP contribution in [0.1, 0.15) is 25.0 Å². The molecule has 112 valence electrons. The monoisotopic (exact) mass is 290 g/mol. The van der Waals surface area contributed by atoms with Gasteiger partial charge < -0.3 is 5.73 Å². The van der Waals surface area contributed by atoms with Gasteiger partial charge in [-0.3, -0.25) is 4.90 Å². The summed E-state index contributed by atoms with van der Waals surface area (Å²) in [4.78, 5) is 2.09. The number of nitrogens with zero attached hydrogens (tertiary/aromatic N) is 1. The van der Waals surface area contributed by atoms with Crippen LogP contribution in [-0.2, 0) is 13.1 Å². The molecule has 0 amide bonds. The molecule has 0 atom stereocenters. The lowest BCUT2D eigenvalue weighted by Crippen LogP contribution is -2.30. The second-order valence-corrected chi connectivity index (χ2v) is 5.48. The van der Waals surface area contributed by atoms with E-state index in [1.807, 2.05) is 38.1 Å². The lowest BCUT2D eigenvalue weighted by molar-refractivity contribution is 0.201. The number of nitrogen functional groups attached to an aromatic ring is 1. The van der Waals surface area contributed by atoms with Crippen molar-refractivity contribution in [2.45, 2.75) is 33.0 Å². The molecule has 21 heavy (non-hydrogen) atoms. The quantitative estimate of drug-likeness (QED) is 0.845. The van der Waals surface area contributed by atoms with Crippen LogP contribution in [0.4, 0.5) is 14.5 Å². The SMILES string of the molecule is CC(C)N(Cc1ccc(N)cc1)Cc1cc(F)ccc1F. The lowest BCUT2D eigenvalue weighted by atomic mass is 10.1. The van der Waals surface area contributed by atoms with Crippen molar-refractivity contribution in [2.24, 2.45) is 0 Å². The predicted molar refractivity (Wildman–Crippen MR) is 81.6 cm³/mol. The molecule has 0 heterocycles. The zero-order valence-electron chi connectivity index (χ0n) is 12.3. The standard InChI is InChI=1S/C17H20F2N2/c1-12(2)21(10-13-3-6-16(20)7-4-13)11-14-9-15(18)5-8-17(14)19/h3-9,12H,10-11,20H2,1-2H3. The largest absolute Gasteiger partial charge is 0.399 e. The van der Waals surface area contributed by atoms with Crippen molar-refractivity contribution >= 4 is 5.69 Å². The average Bonchev–Trinajstić information content (AvgIpc) is 2.44. The number of nitrogens with two attached hydrogens (primary N) is 1. The molecule has 0 saturated heterocycles. The van der Waals surface area contributed by atoms with Crippen LogP contribution in [0.15, 0.2) is 42.5 Å². The number of rotatable bonds is 5. The molecule has 2 aromatic rings. The van der Waals surface area contributed by atoms with E-state index in [9.17, 15) is 8.78 Å². The maximum absolute atomic E-state index is 13.8. The molecule has 2 N–H and O–H groups in total. The van der Waals surface area contributed by atoms with E-state index in [1.165, 1.54) is 12.1 Å². The van der Waals surface area contributed by atoms with E-state index in [4.69, 9.17) is 5.73 Å². The van der Waals surface area contributed by atoms with Crippen LogP contribution in [0.3, 0.4) is 0 Å². The molecule has 0 unspecified atom stereocenters. The third-order valence-corrected chi connectivity index (χ3v) is 3.48. The van der Waals surface area contributed by atoms with Crippen LogP contribution < -0.4 is 5.73 Å². The van der Waals surface area contributed by atoms with Crippen LogP contribution in [0, 0.1) is 11.6 Å². The minimum atomic E-state index is -0.414. The Hall–Kier alpha value is -1.94. The first kappa shape index (κ1) is 15.4. The molecule has 0 fully saturated rings. The van der Waals surface area contributed by atoms with Gasteiger partial charge >= 0.3 is 0 Å². The summed E-state index contributed by atoms with van der Waals surface area (Å²) >= 11 is 0. The Labute approximate surface area is 124 Å². The highest BCUT2D eigenvalue weighted by atomic mass is 19.1.